The van der Waals surface area contributed by atoms with Crippen molar-refractivity contribution < 1.29 is 14.7 Å². The van der Waals surface area contributed by atoms with Crippen LogP contribution in [0.2, 0.25) is 0 Å². The number of carboxylic acids is 1. The predicted octanol–water partition coefficient (Wildman–Crippen LogP) is 2.27. The number of hydrogen-bond acceptors (Lipinski definition) is 3. The normalized spacial score (nSPS) is 17.9. The molecule has 1 saturated carbocycles. The number of aliphatic carboxylic acids is 1. The first-order valence-electron chi connectivity index (χ1n) is 5.03. The SMILES string of the molecule is Cc1ccc(SC2(C(=O)O)CC(=O)C2)cc1. The molecule has 1 fully saturated rings. The summed E-state index contributed by atoms with van der Waals surface area (Å²) in [5.74, 6) is -0.861. The number of Topliss-reactive ketones (excluding diaryl/α,β-unsaturated/α-hetero) is 1. The van der Waals surface area contributed by atoms with Crippen molar-refractivity contribution in [3.8, 4) is 0 Å². The minimum absolute atomic E-state index is 0.0296. The second-order valence-corrected chi connectivity index (χ2v) is 5.56. The van der Waals surface area contributed by atoms with E-state index in [0.29, 0.717) is 0 Å². The lowest BCUT2D eigenvalue weighted by molar-refractivity contribution is -0.147. The zero-order valence-electron chi connectivity index (χ0n) is 8.90. The molecule has 1 aromatic carbocycles. The lowest BCUT2D eigenvalue weighted by Gasteiger charge is -2.35. The summed E-state index contributed by atoms with van der Waals surface area (Å²) in [6.07, 6.45) is 0.280. The van der Waals surface area contributed by atoms with Gasteiger partial charge >= 0.3 is 5.97 Å². The van der Waals surface area contributed by atoms with Gasteiger partial charge in [0.25, 0.3) is 0 Å². The number of hydrogen-bond donors (Lipinski definition) is 1. The van der Waals surface area contributed by atoms with Gasteiger partial charge in [0.05, 0.1) is 0 Å². The van der Waals surface area contributed by atoms with Crippen molar-refractivity contribution in [2.75, 3.05) is 0 Å². The Kier molecular flexibility index (Phi) is 2.76. The Balaban J connectivity index is 2.16. The van der Waals surface area contributed by atoms with Crippen LogP contribution in [-0.2, 0) is 9.59 Å². The van der Waals surface area contributed by atoms with Crippen molar-refractivity contribution in [2.45, 2.75) is 29.4 Å². The molecule has 0 aliphatic heterocycles. The molecule has 0 radical (unpaired) electrons. The number of aryl methyl sites for hydroxylation is 1. The standard InChI is InChI=1S/C12H12O3S/c1-8-2-4-10(5-3-8)16-12(11(14)15)6-9(13)7-12/h2-5H,6-7H2,1H3,(H,14,15). The maximum absolute atomic E-state index is 11.1. The average Bonchev–Trinajstić information content (AvgIpc) is 2.18. The monoisotopic (exact) mass is 236 g/mol. The van der Waals surface area contributed by atoms with Gasteiger partial charge in [-0.15, -0.1) is 11.8 Å². The van der Waals surface area contributed by atoms with E-state index in [1.165, 1.54) is 11.8 Å². The number of benzene rings is 1. The summed E-state index contributed by atoms with van der Waals surface area (Å²) in [6.45, 7) is 1.98. The number of carbonyl (C=O) groups is 2. The fourth-order valence-corrected chi connectivity index (χ4v) is 2.96. The second kappa shape index (κ2) is 3.94. The molecule has 0 atom stereocenters. The van der Waals surface area contributed by atoms with Gasteiger partial charge in [-0.3, -0.25) is 9.59 Å². The van der Waals surface area contributed by atoms with Crippen molar-refractivity contribution in [2.24, 2.45) is 0 Å². The Hall–Kier alpha value is -1.29. The molecule has 0 unspecified atom stereocenters. The molecule has 16 heavy (non-hydrogen) atoms. The molecule has 84 valence electrons. The molecular weight excluding hydrogens is 224 g/mol. The first-order chi connectivity index (χ1) is 7.52. The zero-order valence-corrected chi connectivity index (χ0v) is 9.71. The summed E-state index contributed by atoms with van der Waals surface area (Å²) in [7, 11) is 0. The lowest BCUT2D eigenvalue weighted by Crippen LogP contribution is -2.48. The Bertz CT molecular complexity index is 428. The van der Waals surface area contributed by atoms with Crippen molar-refractivity contribution >= 4 is 23.5 Å². The molecule has 1 N–H and O–H groups in total. The predicted molar refractivity (Wildman–Crippen MR) is 61.6 cm³/mol. The smallest absolute Gasteiger partial charge is 0.321 e. The number of carbonyl (C=O) groups excluding carboxylic acids is 1. The highest BCUT2D eigenvalue weighted by atomic mass is 32.2. The molecule has 0 aromatic heterocycles. The molecular formula is C12H12O3S. The summed E-state index contributed by atoms with van der Waals surface area (Å²) >= 11 is 1.28. The molecule has 0 saturated heterocycles. The second-order valence-electron chi connectivity index (χ2n) is 4.11. The first kappa shape index (κ1) is 11.2. The number of ketones is 1. The van der Waals surface area contributed by atoms with E-state index >= 15 is 0 Å². The van der Waals surface area contributed by atoms with Crippen molar-refractivity contribution in [3.05, 3.63) is 29.8 Å². The highest BCUT2D eigenvalue weighted by Crippen LogP contribution is 2.45. The highest BCUT2D eigenvalue weighted by Gasteiger charge is 2.51. The molecule has 1 aromatic rings. The highest BCUT2D eigenvalue weighted by molar-refractivity contribution is 8.01. The van der Waals surface area contributed by atoms with Gasteiger partial charge in [0, 0.05) is 17.7 Å². The third-order valence-electron chi connectivity index (χ3n) is 2.69. The van der Waals surface area contributed by atoms with Crippen LogP contribution >= 0.6 is 11.8 Å². The summed E-state index contributed by atoms with van der Waals surface area (Å²) in [6, 6.07) is 7.68. The largest absolute Gasteiger partial charge is 0.480 e. The van der Waals surface area contributed by atoms with E-state index in [9.17, 15) is 9.59 Å². The minimum atomic E-state index is -0.924. The van der Waals surface area contributed by atoms with Gasteiger partial charge in [-0.25, -0.2) is 0 Å². The molecule has 1 aliphatic carbocycles. The van der Waals surface area contributed by atoms with Gasteiger partial charge in [0.2, 0.25) is 0 Å². The zero-order chi connectivity index (χ0) is 11.8. The first-order valence-corrected chi connectivity index (χ1v) is 5.84. The summed E-state index contributed by atoms with van der Waals surface area (Å²) < 4.78 is -0.924. The van der Waals surface area contributed by atoms with Crippen LogP contribution in [0.4, 0.5) is 0 Å². The van der Waals surface area contributed by atoms with E-state index in [-0.39, 0.29) is 18.6 Å². The quantitative estimate of drug-likeness (QED) is 0.874. The van der Waals surface area contributed by atoms with Gasteiger partial charge in [-0.1, -0.05) is 17.7 Å². The van der Waals surface area contributed by atoms with E-state index in [2.05, 4.69) is 0 Å². The number of rotatable bonds is 3. The maximum Gasteiger partial charge on any atom is 0.321 e. The van der Waals surface area contributed by atoms with Gasteiger partial charge in [-0.05, 0) is 19.1 Å². The van der Waals surface area contributed by atoms with E-state index in [1.807, 2.05) is 31.2 Å². The minimum Gasteiger partial charge on any atom is -0.480 e. The van der Waals surface area contributed by atoms with E-state index in [1.54, 1.807) is 0 Å². The van der Waals surface area contributed by atoms with Crippen molar-refractivity contribution in [1.29, 1.82) is 0 Å². The Morgan fingerprint density at radius 1 is 1.31 bits per heavy atom. The molecule has 1 aliphatic rings. The molecule has 3 nitrogen and oxygen atoms in total. The fraction of sp³-hybridized carbons (Fsp3) is 0.333. The molecule has 4 heteroatoms. The van der Waals surface area contributed by atoms with Gasteiger partial charge in [0.1, 0.15) is 10.5 Å². The number of carboxylic acid groups (broad SMARTS) is 1. The van der Waals surface area contributed by atoms with Crippen LogP contribution in [0.15, 0.2) is 29.2 Å². The number of thioether (sulfide) groups is 1. The Morgan fingerprint density at radius 3 is 2.31 bits per heavy atom. The van der Waals surface area contributed by atoms with E-state index < -0.39 is 10.7 Å². The third kappa shape index (κ3) is 1.97. The summed E-state index contributed by atoms with van der Waals surface area (Å²) in [4.78, 5) is 23.0. The van der Waals surface area contributed by atoms with Crippen LogP contribution in [0.5, 0.6) is 0 Å². The van der Waals surface area contributed by atoms with E-state index in [4.69, 9.17) is 5.11 Å². The molecule has 0 heterocycles. The van der Waals surface area contributed by atoms with Crippen LogP contribution in [0.1, 0.15) is 18.4 Å². The average molecular weight is 236 g/mol. The lowest BCUT2D eigenvalue weighted by atomic mass is 9.83. The summed E-state index contributed by atoms with van der Waals surface area (Å²) in [5, 5.41) is 9.14. The van der Waals surface area contributed by atoms with Crippen LogP contribution in [0.25, 0.3) is 0 Å². The molecule has 0 bridgehead atoms. The van der Waals surface area contributed by atoms with E-state index in [0.717, 1.165) is 10.5 Å². The van der Waals surface area contributed by atoms with Gasteiger partial charge in [-0.2, -0.15) is 0 Å². The topological polar surface area (TPSA) is 54.4 Å². The maximum atomic E-state index is 11.1. The Morgan fingerprint density at radius 2 is 1.88 bits per heavy atom. The summed E-state index contributed by atoms with van der Waals surface area (Å²) in [5.41, 5.74) is 1.14. The molecule has 0 spiro atoms. The van der Waals surface area contributed by atoms with Crippen LogP contribution in [0.3, 0.4) is 0 Å². The molecule has 2 rings (SSSR count). The van der Waals surface area contributed by atoms with Crippen molar-refractivity contribution in [3.63, 3.8) is 0 Å². The third-order valence-corrected chi connectivity index (χ3v) is 4.05. The van der Waals surface area contributed by atoms with Gasteiger partial charge in [0.15, 0.2) is 0 Å². The fourth-order valence-electron chi connectivity index (χ4n) is 1.68. The molecule has 0 amide bonds. The van der Waals surface area contributed by atoms with Crippen LogP contribution < -0.4 is 0 Å². The van der Waals surface area contributed by atoms with Crippen LogP contribution in [0, 0.1) is 6.92 Å². The van der Waals surface area contributed by atoms with Gasteiger partial charge < -0.3 is 5.11 Å². The Labute approximate surface area is 97.9 Å². The van der Waals surface area contributed by atoms with Crippen molar-refractivity contribution in [1.82, 2.24) is 0 Å². The van der Waals surface area contributed by atoms with Crippen LogP contribution in [-0.4, -0.2) is 21.6 Å².